The van der Waals surface area contributed by atoms with E-state index in [0.717, 1.165) is 24.0 Å². The van der Waals surface area contributed by atoms with Gasteiger partial charge in [-0.2, -0.15) is 0 Å². The Bertz CT molecular complexity index is 349. The van der Waals surface area contributed by atoms with Gasteiger partial charge in [0.15, 0.2) is 11.5 Å². The summed E-state index contributed by atoms with van der Waals surface area (Å²) < 4.78 is 5.30. The van der Waals surface area contributed by atoms with Crippen molar-refractivity contribution in [1.82, 2.24) is 0 Å². The summed E-state index contributed by atoms with van der Waals surface area (Å²) in [6, 6.07) is 3.74. The predicted molar refractivity (Wildman–Crippen MR) is 54.5 cm³/mol. The number of nitrogens with two attached hydrogens (primary N) is 1. The van der Waals surface area contributed by atoms with E-state index < -0.39 is 0 Å². The summed E-state index contributed by atoms with van der Waals surface area (Å²) in [5.41, 5.74) is 8.19. The van der Waals surface area contributed by atoms with E-state index in [1.54, 1.807) is 6.07 Å². The average molecular weight is 193 g/mol. The minimum absolute atomic E-state index is 0.102. The van der Waals surface area contributed by atoms with Crippen LogP contribution in [0.15, 0.2) is 12.1 Å². The van der Waals surface area contributed by atoms with Crippen molar-refractivity contribution in [3.8, 4) is 11.5 Å². The Balaban J connectivity index is 2.41. The van der Waals surface area contributed by atoms with Crippen LogP contribution >= 0.6 is 0 Å². The third-order valence-electron chi connectivity index (χ3n) is 2.64. The maximum Gasteiger partial charge on any atom is 0.161 e. The summed E-state index contributed by atoms with van der Waals surface area (Å²) in [4.78, 5) is 0. The molecule has 14 heavy (non-hydrogen) atoms. The largest absolute Gasteiger partial charge is 0.504 e. The second-order valence-electron chi connectivity index (χ2n) is 3.60. The third kappa shape index (κ3) is 1.44. The van der Waals surface area contributed by atoms with E-state index in [0.29, 0.717) is 12.4 Å². The molecule has 3 heteroatoms. The molecule has 1 aliphatic rings. The van der Waals surface area contributed by atoms with Crippen LogP contribution in [-0.4, -0.2) is 11.7 Å². The SMILES string of the molecule is CCOc1cc2c(cc1O)CCC2N. The number of ether oxygens (including phenoxy) is 1. The monoisotopic (exact) mass is 193 g/mol. The standard InChI is InChI=1S/C11H15NO2/c1-2-14-11-6-8-7(5-10(11)13)3-4-9(8)12/h5-6,9,13H,2-4,12H2,1H3. The number of aryl methyl sites for hydroxylation is 1. The Hall–Kier alpha value is -1.22. The minimum atomic E-state index is 0.102. The molecule has 0 saturated heterocycles. The van der Waals surface area contributed by atoms with E-state index in [2.05, 4.69) is 0 Å². The van der Waals surface area contributed by atoms with E-state index in [1.807, 2.05) is 13.0 Å². The molecule has 0 bridgehead atoms. The van der Waals surface area contributed by atoms with Gasteiger partial charge < -0.3 is 15.6 Å². The van der Waals surface area contributed by atoms with Crippen LogP contribution in [0.5, 0.6) is 11.5 Å². The van der Waals surface area contributed by atoms with Crippen LogP contribution in [0.25, 0.3) is 0 Å². The lowest BCUT2D eigenvalue weighted by Gasteiger charge is -2.10. The lowest BCUT2D eigenvalue weighted by Crippen LogP contribution is -2.05. The quantitative estimate of drug-likeness (QED) is 0.752. The van der Waals surface area contributed by atoms with E-state index in [4.69, 9.17) is 10.5 Å². The lowest BCUT2D eigenvalue weighted by molar-refractivity contribution is 0.317. The molecule has 0 radical (unpaired) electrons. The van der Waals surface area contributed by atoms with Crippen LogP contribution in [0.3, 0.4) is 0 Å². The fourth-order valence-corrected chi connectivity index (χ4v) is 1.93. The number of fused-ring (bicyclic) bond motifs is 1. The van der Waals surface area contributed by atoms with E-state index in [1.165, 1.54) is 0 Å². The zero-order chi connectivity index (χ0) is 10.1. The number of phenols is 1. The highest BCUT2D eigenvalue weighted by molar-refractivity contribution is 5.49. The molecule has 0 aliphatic heterocycles. The molecule has 2 rings (SSSR count). The number of phenolic OH excluding ortho intramolecular Hbond substituents is 1. The highest BCUT2D eigenvalue weighted by atomic mass is 16.5. The normalized spacial score (nSPS) is 19.4. The number of aromatic hydroxyl groups is 1. The molecule has 0 amide bonds. The Morgan fingerprint density at radius 1 is 1.57 bits per heavy atom. The van der Waals surface area contributed by atoms with Crippen LogP contribution in [-0.2, 0) is 6.42 Å². The van der Waals surface area contributed by atoms with Crippen molar-refractivity contribution in [2.24, 2.45) is 5.73 Å². The zero-order valence-corrected chi connectivity index (χ0v) is 8.29. The summed E-state index contributed by atoms with van der Waals surface area (Å²) in [6.45, 7) is 2.45. The van der Waals surface area contributed by atoms with Crippen LogP contribution in [0.2, 0.25) is 0 Å². The number of hydrogen-bond donors (Lipinski definition) is 2. The zero-order valence-electron chi connectivity index (χ0n) is 8.29. The Labute approximate surface area is 83.5 Å². The highest BCUT2D eigenvalue weighted by Crippen LogP contribution is 2.37. The first-order valence-electron chi connectivity index (χ1n) is 4.96. The van der Waals surface area contributed by atoms with Crippen molar-refractivity contribution in [3.63, 3.8) is 0 Å². The first-order chi connectivity index (χ1) is 6.72. The van der Waals surface area contributed by atoms with Gasteiger partial charge in [-0.1, -0.05) is 0 Å². The Kier molecular flexibility index (Phi) is 2.33. The molecule has 3 N–H and O–H groups in total. The molecule has 0 fully saturated rings. The summed E-state index contributed by atoms with van der Waals surface area (Å²) in [6.07, 6.45) is 1.92. The predicted octanol–water partition coefficient (Wildman–Crippen LogP) is 1.74. The van der Waals surface area contributed by atoms with Gasteiger partial charge >= 0.3 is 0 Å². The van der Waals surface area contributed by atoms with E-state index in [-0.39, 0.29) is 11.8 Å². The highest BCUT2D eigenvalue weighted by Gasteiger charge is 2.21. The second kappa shape index (κ2) is 3.50. The maximum absolute atomic E-state index is 9.63. The van der Waals surface area contributed by atoms with Gasteiger partial charge in [0.1, 0.15) is 0 Å². The van der Waals surface area contributed by atoms with Crippen LogP contribution in [0, 0.1) is 0 Å². The van der Waals surface area contributed by atoms with Gasteiger partial charge in [-0.25, -0.2) is 0 Å². The van der Waals surface area contributed by atoms with Gasteiger partial charge in [-0.05, 0) is 43.0 Å². The summed E-state index contributed by atoms with van der Waals surface area (Å²) in [7, 11) is 0. The molecular weight excluding hydrogens is 178 g/mol. The van der Waals surface area contributed by atoms with Crippen LogP contribution < -0.4 is 10.5 Å². The minimum Gasteiger partial charge on any atom is -0.504 e. The molecule has 1 aromatic rings. The molecule has 0 heterocycles. The Morgan fingerprint density at radius 2 is 2.36 bits per heavy atom. The molecule has 3 nitrogen and oxygen atoms in total. The summed E-state index contributed by atoms with van der Waals surface area (Å²) in [5, 5.41) is 9.63. The molecule has 76 valence electrons. The molecule has 0 saturated carbocycles. The molecule has 1 aromatic carbocycles. The van der Waals surface area contributed by atoms with Crippen molar-refractivity contribution in [1.29, 1.82) is 0 Å². The van der Waals surface area contributed by atoms with Gasteiger partial charge in [-0.3, -0.25) is 0 Å². The fourth-order valence-electron chi connectivity index (χ4n) is 1.93. The van der Waals surface area contributed by atoms with E-state index >= 15 is 0 Å². The van der Waals surface area contributed by atoms with Gasteiger partial charge in [-0.15, -0.1) is 0 Å². The van der Waals surface area contributed by atoms with E-state index in [9.17, 15) is 5.11 Å². The molecular formula is C11H15NO2. The molecule has 1 aliphatic carbocycles. The van der Waals surface area contributed by atoms with Crippen molar-refractivity contribution < 1.29 is 9.84 Å². The number of rotatable bonds is 2. The van der Waals surface area contributed by atoms with Gasteiger partial charge in [0.25, 0.3) is 0 Å². The first kappa shape index (κ1) is 9.34. The van der Waals surface area contributed by atoms with Crippen molar-refractivity contribution in [2.75, 3.05) is 6.61 Å². The van der Waals surface area contributed by atoms with Crippen molar-refractivity contribution in [3.05, 3.63) is 23.3 Å². The lowest BCUT2D eigenvalue weighted by atomic mass is 10.1. The Morgan fingerprint density at radius 3 is 3.07 bits per heavy atom. The fraction of sp³-hybridized carbons (Fsp3) is 0.455. The van der Waals surface area contributed by atoms with Crippen LogP contribution in [0.1, 0.15) is 30.5 Å². The van der Waals surface area contributed by atoms with Crippen molar-refractivity contribution in [2.45, 2.75) is 25.8 Å². The average Bonchev–Trinajstić information content (AvgIpc) is 2.49. The summed E-state index contributed by atoms with van der Waals surface area (Å²) in [5.74, 6) is 0.767. The topological polar surface area (TPSA) is 55.5 Å². The van der Waals surface area contributed by atoms with Crippen molar-refractivity contribution >= 4 is 0 Å². The van der Waals surface area contributed by atoms with Gasteiger partial charge in [0.05, 0.1) is 6.61 Å². The van der Waals surface area contributed by atoms with Gasteiger partial charge in [0.2, 0.25) is 0 Å². The van der Waals surface area contributed by atoms with Crippen LogP contribution in [0.4, 0.5) is 0 Å². The molecule has 1 atom stereocenters. The summed E-state index contributed by atoms with van der Waals surface area (Å²) >= 11 is 0. The molecule has 0 aromatic heterocycles. The molecule has 1 unspecified atom stereocenters. The number of hydrogen-bond acceptors (Lipinski definition) is 3. The second-order valence-corrected chi connectivity index (χ2v) is 3.60. The first-order valence-corrected chi connectivity index (χ1v) is 4.96. The third-order valence-corrected chi connectivity index (χ3v) is 2.64. The smallest absolute Gasteiger partial charge is 0.161 e. The molecule has 0 spiro atoms. The van der Waals surface area contributed by atoms with Gasteiger partial charge in [0, 0.05) is 6.04 Å². The number of benzene rings is 1. The maximum atomic E-state index is 9.63.